The largest absolute Gasteiger partial charge is 0.369 e. The van der Waals surface area contributed by atoms with E-state index in [0.717, 1.165) is 56.3 Å². The quantitative estimate of drug-likeness (QED) is 0.515. The molecule has 1 atom stereocenters. The Morgan fingerprint density at radius 1 is 1.09 bits per heavy atom. The lowest BCUT2D eigenvalue weighted by Crippen LogP contribution is -2.47. The Labute approximate surface area is 201 Å². The van der Waals surface area contributed by atoms with Crippen molar-refractivity contribution in [1.82, 2.24) is 15.2 Å². The molecule has 1 unspecified atom stereocenters. The number of hydrogen-bond donors (Lipinski definition) is 1. The van der Waals surface area contributed by atoms with Crippen LogP contribution < -0.4 is 10.2 Å². The molecule has 0 spiro atoms. The Balaban J connectivity index is 1.15. The topological polar surface area (TPSA) is 48.5 Å². The predicted octanol–water partition coefficient (Wildman–Crippen LogP) is 4.30. The minimum atomic E-state index is 0.0586. The number of piperazine rings is 1. The molecule has 1 N–H and O–H groups in total. The summed E-state index contributed by atoms with van der Waals surface area (Å²) in [5.74, 6) is 0.0586. The normalized spacial score (nSPS) is 15.4. The molecule has 0 bridgehead atoms. The van der Waals surface area contributed by atoms with Crippen molar-refractivity contribution in [2.45, 2.75) is 39.2 Å². The zero-order valence-electron chi connectivity index (χ0n) is 19.7. The van der Waals surface area contributed by atoms with Gasteiger partial charge in [-0.3, -0.25) is 9.69 Å². The molecule has 1 saturated heterocycles. The lowest BCUT2D eigenvalue weighted by Gasteiger charge is -2.36. The van der Waals surface area contributed by atoms with Crippen LogP contribution in [-0.4, -0.2) is 54.6 Å². The van der Waals surface area contributed by atoms with Gasteiger partial charge in [-0.05, 0) is 43.5 Å². The first kappa shape index (κ1) is 23.5. The summed E-state index contributed by atoms with van der Waals surface area (Å²) in [6.07, 6.45) is 2.14. The Bertz CT molecular complexity index is 1030. The predicted molar refractivity (Wildman–Crippen MR) is 137 cm³/mol. The van der Waals surface area contributed by atoms with E-state index in [1.807, 2.05) is 23.6 Å². The summed E-state index contributed by atoms with van der Waals surface area (Å²) in [5.41, 5.74) is 4.74. The van der Waals surface area contributed by atoms with Crippen LogP contribution in [0.1, 0.15) is 35.2 Å². The Hall–Kier alpha value is -2.70. The van der Waals surface area contributed by atoms with Crippen LogP contribution in [0.25, 0.3) is 0 Å². The van der Waals surface area contributed by atoms with Gasteiger partial charge in [-0.2, -0.15) is 0 Å². The van der Waals surface area contributed by atoms with E-state index < -0.39 is 0 Å². The second-order valence-electron chi connectivity index (χ2n) is 9.00. The van der Waals surface area contributed by atoms with Crippen LogP contribution in [0, 0.1) is 6.92 Å². The van der Waals surface area contributed by atoms with Crippen LogP contribution in [-0.2, 0) is 17.6 Å². The number of benzene rings is 2. The van der Waals surface area contributed by atoms with E-state index in [1.165, 1.54) is 16.8 Å². The van der Waals surface area contributed by atoms with E-state index in [-0.39, 0.29) is 11.9 Å². The number of hydrogen-bond acceptors (Lipinski definition) is 5. The molecule has 174 valence electrons. The van der Waals surface area contributed by atoms with Gasteiger partial charge in [0.1, 0.15) is 0 Å². The van der Waals surface area contributed by atoms with Crippen molar-refractivity contribution in [2.24, 2.45) is 0 Å². The average molecular weight is 463 g/mol. The third-order valence-electron chi connectivity index (χ3n) is 6.16. The number of carbonyl (C=O) groups is 1. The summed E-state index contributed by atoms with van der Waals surface area (Å²) in [7, 11) is 0. The number of rotatable bonds is 9. The first-order chi connectivity index (χ1) is 16.0. The number of nitrogens with one attached hydrogen (secondary N) is 1. The average Bonchev–Trinajstić information content (AvgIpc) is 3.25. The van der Waals surface area contributed by atoms with Crippen molar-refractivity contribution >= 4 is 22.9 Å². The highest BCUT2D eigenvalue weighted by Gasteiger charge is 2.18. The van der Waals surface area contributed by atoms with Crippen molar-refractivity contribution in [3.05, 3.63) is 81.8 Å². The molecule has 33 heavy (non-hydrogen) atoms. The van der Waals surface area contributed by atoms with Crippen molar-refractivity contribution in [2.75, 3.05) is 37.6 Å². The highest BCUT2D eigenvalue weighted by Crippen LogP contribution is 2.18. The van der Waals surface area contributed by atoms with Gasteiger partial charge in [-0.1, -0.05) is 42.5 Å². The van der Waals surface area contributed by atoms with Crippen molar-refractivity contribution in [3.8, 4) is 0 Å². The molecular weight excluding hydrogens is 428 g/mol. The molecular formula is C27H34N4OS. The third-order valence-corrected chi connectivity index (χ3v) is 7.06. The number of carbonyl (C=O) groups excluding carboxylic acids is 1. The van der Waals surface area contributed by atoms with E-state index in [4.69, 9.17) is 0 Å². The van der Waals surface area contributed by atoms with Crippen LogP contribution in [0.5, 0.6) is 0 Å². The molecule has 1 amide bonds. The lowest BCUT2D eigenvalue weighted by molar-refractivity contribution is -0.121. The number of aryl methyl sites for hydroxylation is 1. The number of thiazole rings is 1. The minimum Gasteiger partial charge on any atom is -0.369 e. The van der Waals surface area contributed by atoms with Crippen LogP contribution in [0.3, 0.4) is 0 Å². The molecule has 0 saturated carbocycles. The second-order valence-corrected chi connectivity index (χ2v) is 9.94. The molecule has 1 aromatic heterocycles. The maximum absolute atomic E-state index is 12.5. The van der Waals surface area contributed by atoms with Gasteiger partial charge in [0.15, 0.2) is 0 Å². The Kier molecular flexibility index (Phi) is 8.13. The van der Waals surface area contributed by atoms with E-state index in [2.05, 4.69) is 70.3 Å². The molecule has 3 aromatic rings. The highest BCUT2D eigenvalue weighted by molar-refractivity contribution is 7.09. The molecule has 0 radical (unpaired) electrons. The molecule has 2 aromatic carbocycles. The monoisotopic (exact) mass is 462 g/mol. The van der Waals surface area contributed by atoms with Gasteiger partial charge in [0.2, 0.25) is 5.91 Å². The first-order valence-corrected chi connectivity index (χ1v) is 12.7. The third kappa shape index (κ3) is 7.14. The number of amides is 1. The summed E-state index contributed by atoms with van der Waals surface area (Å²) < 4.78 is 0. The van der Waals surface area contributed by atoms with Gasteiger partial charge in [-0.25, -0.2) is 4.98 Å². The van der Waals surface area contributed by atoms with Gasteiger partial charge >= 0.3 is 0 Å². The number of aromatic nitrogens is 1. The molecule has 1 aliphatic rings. The fourth-order valence-corrected chi connectivity index (χ4v) is 5.10. The smallest absolute Gasteiger partial charge is 0.226 e. The molecule has 2 heterocycles. The lowest BCUT2D eigenvalue weighted by atomic mass is 10.1. The van der Waals surface area contributed by atoms with Gasteiger partial charge in [0.25, 0.3) is 0 Å². The zero-order chi connectivity index (χ0) is 23.0. The van der Waals surface area contributed by atoms with Crippen molar-refractivity contribution in [3.63, 3.8) is 0 Å². The molecule has 1 aliphatic heterocycles. The van der Waals surface area contributed by atoms with E-state index >= 15 is 0 Å². The van der Waals surface area contributed by atoms with E-state index in [1.54, 1.807) is 11.3 Å². The molecule has 6 heteroatoms. The Morgan fingerprint density at radius 2 is 1.88 bits per heavy atom. The molecule has 0 aliphatic carbocycles. The summed E-state index contributed by atoms with van der Waals surface area (Å²) in [5, 5.41) is 6.22. The van der Waals surface area contributed by atoms with Crippen molar-refractivity contribution < 1.29 is 4.79 Å². The maximum Gasteiger partial charge on any atom is 0.226 e. The minimum absolute atomic E-state index is 0.0586. The molecule has 5 nitrogen and oxygen atoms in total. The first-order valence-electron chi connectivity index (χ1n) is 11.9. The second kappa shape index (κ2) is 11.4. The van der Waals surface area contributed by atoms with Gasteiger partial charge in [0, 0.05) is 56.3 Å². The number of anilines is 1. The van der Waals surface area contributed by atoms with Gasteiger partial charge in [-0.15, -0.1) is 11.3 Å². The molecule has 1 fully saturated rings. The van der Waals surface area contributed by atoms with Crippen LogP contribution in [0.15, 0.2) is 60.0 Å². The summed E-state index contributed by atoms with van der Waals surface area (Å²) in [4.78, 5) is 22.1. The number of nitrogens with zero attached hydrogens (tertiary/aromatic N) is 3. The standard InChI is InChI=1S/C27H34N4OS/c1-21-7-6-10-25(17-21)31-15-13-30(14-16-31)12-11-22(2)28-26(32)19-24-20-33-27(29-24)18-23-8-4-3-5-9-23/h3-10,17,20,22H,11-16,18-19H2,1-2H3,(H,28,32). The zero-order valence-corrected chi connectivity index (χ0v) is 20.5. The van der Waals surface area contributed by atoms with Gasteiger partial charge < -0.3 is 10.2 Å². The van der Waals surface area contributed by atoms with Crippen LogP contribution in [0.2, 0.25) is 0 Å². The summed E-state index contributed by atoms with van der Waals surface area (Å²) >= 11 is 1.63. The summed E-state index contributed by atoms with van der Waals surface area (Å²) in [6.45, 7) is 9.51. The fourth-order valence-electron chi connectivity index (χ4n) is 4.27. The highest BCUT2D eigenvalue weighted by atomic mass is 32.1. The maximum atomic E-state index is 12.5. The fraction of sp³-hybridized carbons (Fsp3) is 0.407. The van der Waals surface area contributed by atoms with Crippen LogP contribution in [0.4, 0.5) is 5.69 Å². The van der Waals surface area contributed by atoms with Crippen LogP contribution >= 0.6 is 11.3 Å². The summed E-state index contributed by atoms with van der Waals surface area (Å²) in [6, 6.07) is 19.2. The van der Waals surface area contributed by atoms with Crippen molar-refractivity contribution in [1.29, 1.82) is 0 Å². The Morgan fingerprint density at radius 3 is 2.64 bits per heavy atom. The SMILES string of the molecule is Cc1cccc(N2CCN(CCC(C)NC(=O)Cc3csc(Cc4ccccc4)n3)CC2)c1. The van der Waals surface area contributed by atoms with E-state index in [0.29, 0.717) is 6.42 Å². The molecule has 4 rings (SSSR count). The van der Waals surface area contributed by atoms with E-state index in [9.17, 15) is 4.79 Å². The van der Waals surface area contributed by atoms with Gasteiger partial charge in [0.05, 0.1) is 17.1 Å².